The predicted octanol–water partition coefficient (Wildman–Crippen LogP) is 29.3. The number of nitrogens with zero attached hydrogens (tertiary/aromatic N) is 6. The molecule has 0 radical (unpaired) electrons. The Hall–Kier alpha value is -15.2. The van der Waals surface area contributed by atoms with Crippen molar-refractivity contribution in [1.29, 1.82) is 0 Å². The number of aromatic nitrogens is 6. The molecular weight excluding hydrogens is 1420 g/mol. The molecule has 1 aliphatic rings. The molecule has 117 heavy (non-hydrogen) atoms. The quantitative estimate of drug-likeness (QED) is 0.145. The largest absolute Gasteiger partial charge is 0.309 e. The summed E-state index contributed by atoms with van der Waals surface area (Å²) in [5.74, 6) is 0. The Morgan fingerprint density at radius 2 is 0.410 bits per heavy atom. The van der Waals surface area contributed by atoms with Crippen molar-refractivity contribution in [3.8, 4) is 67.5 Å². The third kappa shape index (κ3) is 10.6. The Bertz CT molecular complexity index is 8030. The summed E-state index contributed by atoms with van der Waals surface area (Å²) in [6.45, 7) is 4.70. The molecule has 0 bridgehead atoms. The molecule has 550 valence electrons. The average molecular weight is 1490 g/mol. The standard InChI is InChI=1S/C42H27N3.C36H24N2.C33H25N/c1-3-13-28(14-4-1)43-35-20-10-7-17-31(35)34-27-30(23-24-38(34)43)45-37-22-12-9-19-33(37)42-40(45)26-25-39-41(42)32-18-8-11-21-36(32)44(39)29-15-5-2-6-16-29;1-3-11-25(12-4-1)26-19-21-28(22-20-26)38-32-18-10-8-16-30(32)36-34(38)24-23-33-35(36)29-15-7-9-17-31(29)37(33)27-13-5-2-6-14-27;1-33(2)29-14-8-6-12-25(29)27-20-28-26-13-7-9-15-31(26)34(32(28)21-30(27)33)24-18-16-23(17-19-24)22-10-4-3-5-11-22/h1-27H;1-24H;3-21H,1-2H3. The second-order valence-corrected chi connectivity index (χ2v) is 31.4. The van der Waals surface area contributed by atoms with Crippen molar-refractivity contribution in [2.45, 2.75) is 19.3 Å². The molecule has 6 nitrogen and oxygen atoms in total. The predicted molar refractivity (Wildman–Crippen MR) is 494 cm³/mol. The first kappa shape index (κ1) is 67.5. The molecule has 6 heterocycles. The molecule has 24 aromatic rings. The van der Waals surface area contributed by atoms with Crippen molar-refractivity contribution in [3.05, 3.63) is 436 Å². The van der Waals surface area contributed by atoms with Crippen molar-refractivity contribution in [2.75, 3.05) is 0 Å². The van der Waals surface area contributed by atoms with E-state index >= 15 is 0 Å². The second-order valence-electron chi connectivity index (χ2n) is 31.4. The fourth-order valence-electron chi connectivity index (χ4n) is 19.6. The van der Waals surface area contributed by atoms with Crippen molar-refractivity contribution in [1.82, 2.24) is 27.4 Å². The van der Waals surface area contributed by atoms with E-state index < -0.39 is 0 Å². The summed E-state index contributed by atoms with van der Waals surface area (Å²) < 4.78 is 14.5. The molecule has 0 saturated carbocycles. The highest BCUT2D eigenvalue weighted by atomic mass is 15.0. The third-order valence-electron chi connectivity index (χ3n) is 24.7. The van der Waals surface area contributed by atoms with E-state index in [1.807, 2.05) is 0 Å². The monoisotopic (exact) mass is 1490 g/mol. The molecule has 18 aromatic carbocycles. The van der Waals surface area contributed by atoms with Crippen LogP contribution in [0.5, 0.6) is 0 Å². The highest BCUT2D eigenvalue weighted by molar-refractivity contribution is 6.31. The van der Waals surface area contributed by atoms with Crippen LogP contribution in [0.3, 0.4) is 0 Å². The minimum atomic E-state index is -0.0153. The van der Waals surface area contributed by atoms with Gasteiger partial charge in [0.2, 0.25) is 0 Å². The van der Waals surface area contributed by atoms with Crippen LogP contribution in [-0.4, -0.2) is 27.4 Å². The molecule has 0 aliphatic heterocycles. The van der Waals surface area contributed by atoms with Gasteiger partial charge in [-0.2, -0.15) is 0 Å². The van der Waals surface area contributed by atoms with Gasteiger partial charge in [-0.25, -0.2) is 0 Å². The molecule has 0 N–H and O–H groups in total. The van der Waals surface area contributed by atoms with Gasteiger partial charge in [-0.1, -0.05) is 287 Å². The van der Waals surface area contributed by atoms with Crippen LogP contribution in [0.2, 0.25) is 0 Å². The Morgan fingerprint density at radius 3 is 0.803 bits per heavy atom. The Balaban J connectivity index is 0.000000104. The molecule has 1 aliphatic carbocycles. The van der Waals surface area contributed by atoms with Crippen LogP contribution < -0.4 is 0 Å². The SMILES string of the molecule is CC1(C)c2ccccc2-c2cc3c4ccccc4n(-c4ccc(-c5ccccc5)cc4)c3cc21.c1ccc(-c2ccc(-n3c4ccccc4c4c5c6ccccc6n(-c6ccccc6)c5ccc43)cc2)cc1.c1ccc(-n2c3ccccc3c3cc(-n4c5ccccc5c5c6c7ccccc7n(-c7ccccc7)c6ccc54)ccc32)cc1. The Kier molecular flexibility index (Phi) is 15.6. The molecular formula is C111H76N6. The van der Waals surface area contributed by atoms with Crippen molar-refractivity contribution < 1.29 is 0 Å². The normalized spacial score (nSPS) is 12.4. The first-order chi connectivity index (χ1) is 57.9. The fraction of sp³-hybridized carbons (Fsp3) is 0.0270. The molecule has 0 fully saturated rings. The summed E-state index contributed by atoms with van der Waals surface area (Å²) in [5.41, 5.74) is 32.3. The third-order valence-corrected chi connectivity index (χ3v) is 24.7. The first-order valence-corrected chi connectivity index (χ1v) is 40.5. The van der Waals surface area contributed by atoms with Gasteiger partial charge in [0, 0.05) is 104 Å². The van der Waals surface area contributed by atoms with Gasteiger partial charge in [0.15, 0.2) is 0 Å². The summed E-state index contributed by atoms with van der Waals surface area (Å²) in [7, 11) is 0. The summed E-state index contributed by atoms with van der Waals surface area (Å²) in [4.78, 5) is 0. The van der Waals surface area contributed by atoms with Crippen molar-refractivity contribution >= 4 is 131 Å². The number of para-hydroxylation sites is 9. The van der Waals surface area contributed by atoms with Crippen LogP contribution in [-0.2, 0) is 5.41 Å². The smallest absolute Gasteiger partial charge is 0.0548 e. The lowest BCUT2D eigenvalue weighted by Gasteiger charge is -2.21. The lowest BCUT2D eigenvalue weighted by Crippen LogP contribution is -2.14. The topological polar surface area (TPSA) is 29.6 Å². The number of hydrogen-bond donors (Lipinski definition) is 0. The van der Waals surface area contributed by atoms with Gasteiger partial charge in [0.1, 0.15) is 0 Å². The lowest BCUT2D eigenvalue weighted by molar-refractivity contribution is 0.661. The van der Waals surface area contributed by atoms with Gasteiger partial charge in [-0.05, 0) is 196 Å². The van der Waals surface area contributed by atoms with Crippen LogP contribution in [0.4, 0.5) is 0 Å². The average Bonchev–Trinajstić information content (AvgIpc) is 1.56. The summed E-state index contributed by atoms with van der Waals surface area (Å²) in [5, 5.41) is 15.4. The van der Waals surface area contributed by atoms with E-state index in [-0.39, 0.29) is 5.41 Å². The van der Waals surface area contributed by atoms with Crippen molar-refractivity contribution in [3.63, 3.8) is 0 Å². The van der Waals surface area contributed by atoms with Crippen LogP contribution >= 0.6 is 0 Å². The van der Waals surface area contributed by atoms with E-state index in [9.17, 15) is 0 Å². The molecule has 0 atom stereocenters. The maximum atomic E-state index is 2.45. The second kappa shape index (κ2) is 27.0. The van der Waals surface area contributed by atoms with Gasteiger partial charge in [0.05, 0.1) is 66.2 Å². The van der Waals surface area contributed by atoms with E-state index in [1.54, 1.807) is 0 Å². The van der Waals surface area contributed by atoms with Gasteiger partial charge < -0.3 is 27.4 Å². The van der Waals surface area contributed by atoms with E-state index in [4.69, 9.17) is 0 Å². The number of rotatable bonds is 8. The molecule has 0 spiro atoms. The van der Waals surface area contributed by atoms with Crippen LogP contribution in [0.25, 0.3) is 198 Å². The molecule has 0 saturated heterocycles. The van der Waals surface area contributed by atoms with E-state index in [1.165, 1.54) is 204 Å². The fourth-order valence-corrected chi connectivity index (χ4v) is 19.6. The van der Waals surface area contributed by atoms with Gasteiger partial charge in [-0.3, -0.25) is 0 Å². The van der Waals surface area contributed by atoms with Crippen molar-refractivity contribution in [2.24, 2.45) is 0 Å². The first-order valence-electron chi connectivity index (χ1n) is 40.5. The molecule has 0 amide bonds. The van der Waals surface area contributed by atoms with Crippen LogP contribution in [0, 0.1) is 0 Å². The zero-order chi connectivity index (χ0) is 77.4. The highest BCUT2D eigenvalue weighted by Crippen LogP contribution is 2.52. The van der Waals surface area contributed by atoms with Crippen LogP contribution in [0.1, 0.15) is 25.0 Å². The van der Waals surface area contributed by atoms with Crippen LogP contribution in [0.15, 0.2) is 425 Å². The molecule has 25 rings (SSSR count). The minimum absolute atomic E-state index is 0.0153. The lowest BCUT2D eigenvalue weighted by atomic mass is 9.82. The minimum Gasteiger partial charge on any atom is -0.309 e. The van der Waals surface area contributed by atoms with E-state index in [0.29, 0.717) is 0 Å². The molecule has 6 heteroatoms. The van der Waals surface area contributed by atoms with E-state index in [2.05, 4.69) is 466 Å². The van der Waals surface area contributed by atoms with Gasteiger partial charge in [0.25, 0.3) is 0 Å². The summed E-state index contributed by atoms with van der Waals surface area (Å²) in [6, 6.07) is 154. The Morgan fingerprint density at radius 1 is 0.154 bits per heavy atom. The molecule has 0 unspecified atom stereocenters. The number of fused-ring (bicyclic) bond motifs is 23. The summed E-state index contributed by atoms with van der Waals surface area (Å²) >= 11 is 0. The zero-order valence-corrected chi connectivity index (χ0v) is 64.6. The van der Waals surface area contributed by atoms with E-state index in [0.717, 1.165) is 5.69 Å². The highest BCUT2D eigenvalue weighted by Gasteiger charge is 2.36. The maximum absolute atomic E-state index is 2.45. The summed E-state index contributed by atoms with van der Waals surface area (Å²) in [6.07, 6.45) is 0. The Labute approximate surface area is 676 Å². The number of hydrogen-bond acceptors (Lipinski definition) is 0. The zero-order valence-electron chi connectivity index (χ0n) is 64.6. The van der Waals surface area contributed by atoms with Gasteiger partial charge in [-0.15, -0.1) is 0 Å². The molecule has 6 aromatic heterocycles. The maximum Gasteiger partial charge on any atom is 0.0548 e. The van der Waals surface area contributed by atoms with Gasteiger partial charge >= 0.3 is 0 Å². The number of benzene rings is 18.